The van der Waals surface area contributed by atoms with Crippen molar-refractivity contribution in [1.29, 1.82) is 0 Å². The highest BCUT2D eigenvalue weighted by Gasteiger charge is 2.22. The minimum atomic E-state index is 0.295. The van der Waals surface area contributed by atoms with Crippen molar-refractivity contribution in [1.82, 2.24) is 9.88 Å². The molecule has 1 aliphatic rings. The lowest BCUT2D eigenvalue weighted by atomic mass is 10.0. The first-order valence-corrected chi connectivity index (χ1v) is 6.68. The SMILES string of the molecule is CN1CCCC1c1cncc(-c2ccc(O)cc2)c1. The molecule has 1 saturated heterocycles. The number of rotatable bonds is 2. The van der Waals surface area contributed by atoms with Gasteiger partial charge in [0.25, 0.3) is 0 Å². The zero-order valence-electron chi connectivity index (χ0n) is 11.1. The number of aromatic nitrogens is 1. The van der Waals surface area contributed by atoms with E-state index in [-0.39, 0.29) is 0 Å². The number of pyridine rings is 1. The second-order valence-electron chi connectivity index (χ2n) is 5.19. The fourth-order valence-electron chi connectivity index (χ4n) is 2.78. The van der Waals surface area contributed by atoms with Crippen molar-refractivity contribution in [2.45, 2.75) is 18.9 Å². The standard InChI is InChI=1S/C16H18N2O/c1-18-8-2-3-16(18)14-9-13(10-17-11-14)12-4-6-15(19)7-5-12/h4-7,9-11,16,19H,2-3,8H2,1H3. The molecule has 19 heavy (non-hydrogen) atoms. The number of phenols is 1. The molecule has 0 aliphatic carbocycles. The van der Waals surface area contributed by atoms with E-state index in [0.29, 0.717) is 11.8 Å². The van der Waals surface area contributed by atoms with Crippen molar-refractivity contribution in [3.8, 4) is 16.9 Å². The first-order chi connectivity index (χ1) is 9.24. The van der Waals surface area contributed by atoms with E-state index in [0.717, 1.165) is 17.7 Å². The largest absolute Gasteiger partial charge is 0.508 e. The van der Waals surface area contributed by atoms with Crippen LogP contribution in [0.3, 0.4) is 0 Å². The summed E-state index contributed by atoms with van der Waals surface area (Å²) in [6.07, 6.45) is 6.31. The monoisotopic (exact) mass is 254 g/mol. The lowest BCUT2D eigenvalue weighted by molar-refractivity contribution is 0.317. The van der Waals surface area contributed by atoms with Crippen LogP contribution in [0.25, 0.3) is 11.1 Å². The van der Waals surface area contributed by atoms with Gasteiger partial charge < -0.3 is 5.11 Å². The van der Waals surface area contributed by atoms with Gasteiger partial charge in [0.15, 0.2) is 0 Å². The van der Waals surface area contributed by atoms with Crippen LogP contribution in [0.2, 0.25) is 0 Å². The highest BCUT2D eigenvalue weighted by molar-refractivity contribution is 5.63. The molecular weight excluding hydrogens is 236 g/mol. The van der Waals surface area contributed by atoms with Crippen LogP contribution in [0.5, 0.6) is 5.75 Å². The van der Waals surface area contributed by atoms with Gasteiger partial charge in [-0.25, -0.2) is 0 Å². The summed E-state index contributed by atoms with van der Waals surface area (Å²) in [5.74, 6) is 0.295. The average Bonchev–Trinajstić information content (AvgIpc) is 2.86. The van der Waals surface area contributed by atoms with Crippen LogP contribution < -0.4 is 0 Å². The van der Waals surface area contributed by atoms with E-state index in [4.69, 9.17) is 0 Å². The van der Waals surface area contributed by atoms with E-state index in [1.165, 1.54) is 18.4 Å². The van der Waals surface area contributed by atoms with E-state index >= 15 is 0 Å². The van der Waals surface area contributed by atoms with Gasteiger partial charge in [-0.2, -0.15) is 0 Å². The maximum Gasteiger partial charge on any atom is 0.115 e. The Morgan fingerprint density at radius 1 is 1.16 bits per heavy atom. The molecule has 1 atom stereocenters. The molecule has 1 aliphatic heterocycles. The first kappa shape index (κ1) is 12.2. The van der Waals surface area contributed by atoms with Crippen molar-refractivity contribution >= 4 is 0 Å². The Kier molecular flexibility index (Phi) is 3.22. The second-order valence-corrected chi connectivity index (χ2v) is 5.19. The molecule has 1 aromatic carbocycles. The molecule has 98 valence electrons. The van der Waals surface area contributed by atoms with Gasteiger partial charge in [-0.05, 0) is 55.8 Å². The predicted octanol–water partition coefficient (Wildman–Crippen LogP) is 3.22. The summed E-state index contributed by atoms with van der Waals surface area (Å²) < 4.78 is 0. The third kappa shape index (κ3) is 2.47. The highest BCUT2D eigenvalue weighted by Crippen LogP contribution is 2.32. The quantitative estimate of drug-likeness (QED) is 0.894. The van der Waals surface area contributed by atoms with Gasteiger partial charge in [-0.15, -0.1) is 0 Å². The van der Waals surface area contributed by atoms with Crippen molar-refractivity contribution in [2.24, 2.45) is 0 Å². The Hall–Kier alpha value is -1.87. The summed E-state index contributed by atoms with van der Waals surface area (Å²) in [4.78, 5) is 6.76. The summed E-state index contributed by atoms with van der Waals surface area (Å²) in [5, 5.41) is 9.34. The van der Waals surface area contributed by atoms with E-state index in [2.05, 4.69) is 23.0 Å². The molecule has 1 aromatic heterocycles. The first-order valence-electron chi connectivity index (χ1n) is 6.68. The van der Waals surface area contributed by atoms with Crippen molar-refractivity contribution in [3.05, 3.63) is 48.3 Å². The zero-order valence-corrected chi connectivity index (χ0v) is 11.1. The average molecular weight is 254 g/mol. The van der Waals surface area contributed by atoms with Crippen molar-refractivity contribution in [3.63, 3.8) is 0 Å². The Labute approximate surface area is 113 Å². The number of aromatic hydroxyl groups is 1. The lowest BCUT2D eigenvalue weighted by Crippen LogP contribution is -2.17. The van der Waals surface area contributed by atoms with Gasteiger partial charge in [-0.3, -0.25) is 9.88 Å². The van der Waals surface area contributed by atoms with Crippen molar-refractivity contribution in [2.75, 3.05) is 13.6 Å². The normalized spacial score (nSPS) is 19.7. The van der Waals surface area contributed by atoms with Crippen molar-refractivity contribution < 1.29 is 5.11 Å². The number of hydrogen-bond acceptors (Lipinski definition) is 3. The number of nitrogens with zero attached hydrogens (tertiary/aromatic N) is 2. The van der Waals surface area contributed by atoms with Crippen LogP contribution in [0, 0.1) is 0 Å². The molecule has 3 nitrogen and oxygen atoms in total. The van der Waals surface area contributed by atoms with Gasteiger partial charge in [0, 0.05) is 24.0 Å². The molecule has 2 aromatic rings. The van der Waals surface area contributed by atoms with Crippen LogP contribution in [-0.4, -0.2) is 28.6 Å². The molecule has 1 unspecified atom stereocenters. The molecule has 1 fully saturated rings. The summed E-state index contributed by atoms with van der Waals surface area (Å²) in [5.41, 5.74) is 3.48. The fourth-order valence-corrected chi connectivity index (χ4v) is 2.78. The van der Waals surface area contributed by atoms with E-state index in [9.17, 15) is 5.11 Å². The minimum absolute atomic E-state index is 0.295. The second kappa shape index (κ2) is 5.02. The van der Waals surface area contributed by atoms with Crippen LogP contribution in [-0.2, 0) is 0 Å². The summed E-state index contributed by atoms with van der Waals surface area (Å²) in [6, 6.07) is 9.98. The zero-order chi connectivity index (χ0) is 13.2. The van der Waals surface area contributed by atoms with Gasteiger partial charge >= 0.3 is 0 Å². The number of phenolic OH excluding ortho intramolecular Hbond substituents is 1. The van der Waals surface area contributed by atoms with Crippen LogP contribution in [0.15, 0.2) is 42.7 Å². The molecule has 3 heteroatoms. The van der Waals surface area contributed by atoms with E-state index < -0.39 is 0 Å². The third-order valence-electron chi connectivity index (χ3n) is 3.87. The smallest absolute Gasteiger partial charge is 0.115 e. The summed E-state index contributed by atoms with van der Waals surface area (Å²) in [7, 11) is 2.17. The summed E-state index contributed by atoms with van der Waals surface area (Å²) in [6.45, 7) is 1.16. The molecule has 0 amide bonds. The Balaban J connectivity index is 1.93. The van der Waals surface area contributed by atoms with Gasteiger partial charge in [0.1, 0.15) is 5.75 Å². The van der Waals surface area contributed by atoms with Gasteiger partial charge in [0.2, 0.25) is 0 Å². The van der Waals surface area contributed by atoms with E-state index in [1.807, 2.05) is 24.5 Å². The highest BCUT2D eigenvalue weighted by atomic mass is 16.3. The third-order valence-corrected chi connectivity index (χ3v) is 3.87. The molecule has 0 spiro atoms. The molecule has 2 heterocycles. The number of hydrogen-bond donors (Lipinski definition) is 1. The van der Waals surface area contributed by atoms with Crippen LogP contribution in [0.4, 0.5) is 0 Å². The Morgan fingerprint density at radius 3 is 2.63 bits per heavy atom. The summed E-state index contributed by atoms with van der Waals surface area (Å²) >= 11 is 0. The predicted molar refractivity (Wildman–Crippen MR) is 75.9 cm³/mol. The maximum absolute atomic E-state index is 9.34. The molecule has 1 N–H and O–H groups in total. The number of benzene rings is 1. The molecule has 0 saturated carbocycles. The molecule has 0 radical (unpaired) electrons. The van der Waals surface area contributed by atoms with Crippen LogP contribution >= 0.6 is 0 Å². The van der Waals surface area contributed by atoms with Gasteiger partial charge in [0.05, 0.1) is 0 Å². The van der Waals surface area contributed by atoms with Gasteiger partial charge in [-0.1, -0.05) is 12.1 Å². The topological polar surface area (TPSA) is 36.4 Å². The van der Waals surface area contributed by atoms with E-state index in [1.54, 1.807) is 12.1 Å². The van der Waals surface area contributed by atoms with Crippen LogP contribution in [0.1, 0.15) is 24.4 Å². The fraction of sp³-hybridized carbons (Fsp3) is 0.312. The molecular formula is C16H18N2O. The molecule has 3 rings (SSSR count). The Morgan fingerprint density at radius 2 is 1.95 bits per heavy atom. The molecule has 0 bridgehead atoms. The number of likely N-dealkylation sites (tertiary alicyclic amines) is 1. The Bertz CT molecular complexity index is 565. The maximum atomic E-state index is 9.34. The minimum Gasteiger partial charge on any atom is -0.508 e. The lowest BCUT2D eigenvalue weighted by Gasteiger charge is -2.19.